The zero-order valence-electron chi connectivity index (χ0n) is 12.3. The molecule has 0 fully saturated rings. The van der Waals surface area contributed by atoms with Crippen LogP contribution in [0.5, 0.6) is 0 Å². The molecule has 6 heteroatoms. The van der Waals surface area contributed by atoms with Crippen molar-refractivity contribution in [3.05, 3.63) is 47.5 Å². The zero-order valence-corrected chi connectivity index (χ0v) is 12.3. The number of hydrogen-bond donors (Lipinski definition) is 2. The van der Waals surface area contributed by atoms with Gasteiger partial charge in [0.05, 0.1) is 24.0 Å². The highest BCUT2D eigenvalue weighted by Gasteiger charge is 2.17. The summed E-state index contributed by atoms with van der Waals surface area (Å²) in [7, 11) is 0. The summed E-state index contributed by atoms with van der Waals surface area (Å²) in [6.07, 6.45) is 1.70. The maximum Gasteiger partial charge on any atom is 0.237 e. The summed E-state index contributed by atoms with van der Waals surface area (Å²) in [6.45, 7) is 5.41. The molecule has 0 aliphatic rings. The largest absolute Gasteiger partial charge is 0.348 e. The van der Waals surface area contributed by atoms with E-state index >= 15 is 0 Å². The molecule has 3 N–H and O–H groups in total. The summed E-state index contributed by atoms with van der Waals surface area (Å²) in [5, 5.41) is 7.13. The monoisotopic (exact) mass is 290 g/mol. The van der Waals surface area contributed by atoms with E-state index in [4.69, 9.17) is 5.73 Å². The second kappa shape index (κ2) is 6.05. The Labute approximate surface area is 123 Å². The molecular formula is C15H19FN4O. The van der Waals surface area contributed by atoms with Gasteiger partial charge in [0.1, 0.15) is 5.82 Å². The maximum absolute atomic E-state index is 13.0. The predicted octanol–water partition coefficient (Wildman–Crippen LogP) is 1.84. The number of carbonyl (C=O) groups excluding carboxylic acids is 1. The second-order valence-corrected chi connectivity index (χ2v) is 5.09. The molecular weight excluding hydrogens is 271 g/mol. The molecule has 0 bridgehead atoms. The van der Waals surface area contributed by atoms with Crippen LogP contribution in [0, 0.1) is 12.7 Å². The smallest absolute Gasteiger partial charge is 0.237 e. The third kappa shape index (κ3) is 3.28. The molecule has 1 aromatic heterocycles. The van der Waals surface area contributed by atoms with Gasteiger partial charge in [-0.25, -0.2) is 9.07 Å². The number of aromatic nitrogens is 2. The normalized spacial score (nSPS) is 13.8. The Bertz CT molecular complexity index is 634. The van der Waals surface area contributed by atoms with Crippen LogP contribution in [-0.4, -0.2) is 21.7 Å². The highest BCUT2D eigenvalue weighted by atomic mass is 19.1. The minimum atomic E-state index is -0.556. The summed E-state index contributed by atoms with van der Waals surface area (Å²) in [4.78, 5) is 11.6. The number of hydrogen-bond acceptors (Lipinski definition) is 3. The van der Waals surface area contributed by atoms with Gasteiger partial charge in [-0.05, 0) is 45.0 Å². The van der Waals surface area contributed by atoms with Crippen LogP contribution < -0.4 is 11.1 Å². The number of benzene rings is 1. The lowest BCUT2D eigenvalue weighted by Crippen LogP contribution is -2.39. The molecule has 1 aromatic carbocycles. The number of amides is 1. The van der Waals surface area contributed by atoms with Crippen molar-refractivity contribution in [1.29, 1.82) is 0 Å². The summed E-state index contributed by atoms with van der Waals surface area (Å²) in [6, 6.07) is 5.33. The van der Waals surface area contributed by atoms with Crippen molar-refractivity contribution < 1.29 is 9.18 Å². The Kier molecular flexibility index (Phi) is 4.37. The summed E-state index contributed by atoms with van der Waals surface area (Å²) in [5.41, 5.74) is 8.10. The fraction of sp³-hybridized carbons (Fsp3) is 0.333. The van der Waals surface area contributed by atoms with Crippen molar-refractivity contribution in [2.45, 2.75) is 32.9 Å². The average molecular weight is 290 g/mol. The van der Waals surface area contributed by atoms with Gasteiger partial charge < -0.3 is 11.1 Å². The average Bonchev–Trinajstić information content (AvgIpc) is 2.81. The Morgan fingerprint density at radius 2 is 1.95 bits per heavy atom. The zero-order chi connectivity index (χ0) is 15.6. The first-order valence-corrected chi connectivity index (χ1v) is 6.76. The molecule has 1 unspecified atom stereocenters. The van der Waals surface area contributed by atoms with Crippen LogP contribution in [0.1, 0.15) is 31.1 Å². The molecule has 0 aliphatic carbocycles. The predicted molar refractivity (Wildman–Crippen MR) is 78.5 cm³/mol. The Morgan fingerprint density at radius 1 is 1.33 bits per heavy atom. The van der Waals surface area contributed by atoms with E-state index in [1.165, 1.54) is 12.1 Å². The van der Waals surface area contributed by atoms with Gasteiger partial charge in [-0.2, -0.15) is 5.10 Å². The van der Waals surface area contributed by atoms with Gasteiger partial charge in [0.2, 0.25) is 5.91 Å². The number of nitrogens with zero attached hydrogens (tertiary/aromatic N) is 2. The molecule has 0 saturated heterocycles. The van der Waals surface area contributed by atoms with E-state index in [2.05, 4.69) is 10.4 Å². The molecule has 5 nitrogen and oxygen atoms in total. The van der Waals surface area contributed by atoms with Gasteiger partial charge >= 0.3 is 0 Å². The van der Waals surface area contributed by atoms with Crippen LogP contribution in [0.3, 0.4) is 0 Å². The van der Waals surface area contributed by atoms with E-state index in [-0.39, 0.29) is 17.8 Å². The molecule has 2 atom stereocenters. The number of nitrogens with two attached hydrogens (primary N) is 1. The van der Waals surface area contributed by atoms with E-state index in [0.717, 1.165) is 16.9 Å². The number of nitrogens with one attached hydrogen (secondary N) is 1. The number of halogens is 1. The Morgan fingerprint density at radius 3 is 2.52 bits per heavy atom. The number of carbonyl (C=O) groups is 1. The molecule has 112 valence electrons. The molecule has 1 heterocycles. The van der Waals surface area contributed by atoms with E-state index in [1.54, 1.807) is 29.9 Å². The minimum absolute atomic E-state index is 0.197. The van der Waals surface area contributed by atoms with Crippen LogP contribution in [0.2, 0.25) is 0 Å². The molecule has 0 saturated carbocycles. The van der Waals surface area contributed by atoms with Gasteiger partial charge in [0.25, 0.3) is 0 Å². The Hall–Kier alpha value is -2.21. The van der Waals surface area contributed by atoms with E-state index in [9.17, 15) is 9.18 Å². The van der Waals surface area contributed by atoms with Crippen LogP contribution >= 0.6 is 0 Å². The maximum atomic E-state index is 13.0. The van der Waals surface area contributed by atoms with Gasteiger partial charge in [-0.15, -0.1) is 0 Å². The summed E-state index contributed by atoms with van der Waals surface area (Å²) in [5.74, 6) is -0.502. The first-order valence-electron chi connectivity index (χ1n) is 6.76. The highest BCUT2D eigenvalue weighted by Crippen LogP contribution is 2.20. The van der Waals surface area contributed by atoms with Crippen molar-refractivity contribution in [3.63, 3.8) is 0 Å². The lowest BCUT2D eigenvalue weighted by Gasteiger charge is -2.15. The minimum Gasteiger partial charge on any atom is -0.348 e. The summed E-state index contributed by atoms with van der Waals surface area (Å²) >= 11 is 0. The molecule has 2 aromatic rings. The second-order valence-electron chi connectivity index (χ2n) is 5.09. The first-order chi connectivity index (χ1) is 9.90. The standard InChI is InChI=1S/C15H19FN4O/c1-9(17)15(21)19-10(2)14-8-18-20(11(14)3)13-6-4-12(16)5-7-13/h4-10H,17H2,1-3H3,(H,19,21)/t9-,10?/m1/s1. The van der Waals surface area contributed by atoms with Crippen molar-refractivity contribution in [2.24, 2.45) is 5.73 Å². The third-order valence-corrected chi connectivity index (χ3v) is 3.36. The summed E-state index contributed by atoms with van der Waals surface area (Å²) < 4.78 is 14.7. The fourth-order valence-electron chi connectivity index (χ4n) is 2.11. The quantitative estimate of drug-likeness (QED) is 0.902. The van der Waals surface area contributed by atoms with Gasteiger partial charge in [-0.3, -0.25) is 4.79 Å². The molecule has 0 radical (unpaired) electrons. The first kappa shape index (κ1) is 15.2. The van der Waals surface area contributed by atoms with E-state index in [0.29, 0.717) is 0 Å². The lowest BCUT2D eigenvalue weighted by molar-refractivity contribution is -0.122. The molecule has 0 aliphatic heterocycles. The van der Waals surface area contributed by atoms with Crippen LogP contribution in [0.15, 0.2) is 30.5 Å². The molecule has 0 spiro atoms. The van der Waals surface area contributed by atoms with Crippen LogP contribution in [-0.2, 0) is 4.79 Å². The topological polar surface area (TPSA) is 72.9 Å². The highest BCUT2D eigenvalue weighted by molar-refractivity contribution is 5.81. The number of rotatable bonds is 4. The molecule has 2 rings (SSSR count). The SMILES string of the molecule is Cc1c(C(C)NC(=O)[C@@H](C)N)cnn1-c1ccc(F)cc1. The lowest BCUT2D eigenvalue weighted by atomic mass is 10.1. The molecule has 21 heavy (non-hydrogen) atoms. The van der Waals surface area contributed by atoms with Gasteiger partial charge in [-0.1, -0.05) is 0 Å². The van der Waals surface area contributed by atoms with Crippen molar-refractivity contribution in [3.8, 4) is 5.69 Å². The third-order valence-electron chi connectivity index (χ3n) is 3.36. The molecule has 1 amide bonds. The Balaban J connectivity index is 2.24. The van der Waals surface area contributed by atoms with Crippen molar-refractivity contribution >= 4 is 5.91 Å². The van der Waals surface area contributed by atoms with Crippen molar-refractivity contribution in [2.75, 3.05) is 0 Å². The van der Waals surface area contributed by atoms with Crippen molar-refractivity contribution in [1.82, 2.24) is 15.1 Å². The van der Waals surface area contributed by atoms with E-state index in [1.807, 2.05) is 13.8 Å². The van der Waals surface area contributed by atoms with Gasteiger partial charge in [0.15, 0.2) is 0 Å². The van der Waals surface area contributed by atoms with Crippen LogP contribution in [0.25, 0.3) is 5.69 Å². The van der Waals surface area contributed by atoms with Crippen LogP contribution in [0.4, 0.5) is 4.39 Å². The van der Waals surface area contributed by atoms with E-state index < -0.39 is 6.04 Å². The fourth-order valence-corrected chi connectivity index (χ4v) is 2.11. The van der Waals surface area contributed by atoms with Gasteiger partial charge in [0, 0.05) is 11.3 Å².